The van der Waals surface area contributed by atoms with Gasteiger partial charge in [-0.3, -0.25) is 0 Å². The first kappa shape index (κ1) is 13.1. The third-order valence-electron chi connectivity index (χ3n) is 4.06. The van der Waals surface area contributed by atoms with E-state index in [0.717, 1.165) is 31.6 Å². The van der Waals surface area contributed by atoms with Crippen molar-refractivity contribution in [3.05, 3.63) is 35.9 Å². The SMILES string of the molecule is C[C@H]1C[NH+](CCc2ccccc2)[C@@H](C)C/C1=N\O. The van der Waals surface area contributed by atoms with Crippen molar-refractivity contribution < 1.29 is 10.1 Å². The van der Waals surface area contributed by atoms with Crippen LogP contribution in [0.1, 0.15) is 25.8 Å². The van der Waals surface area contributed by atoms with E-state index in [0.29, 0.717) is 12.0 Å². The fourth-order valence-electron chi connectivity index (χ4n) is 2.81. The molecule has 0 saturated carbocycles. The van der Waals surface area contributed by atoms with Gasteiger partial charge in [0, 0.05) is 18.8 Å². The molecule has 1 aliphatic rings. The third kappa shape index (κ3) is 3.10. The van der Waals surface area contributed by atoms with Gasteiger partial charge in [0.2, 0.25) is 0 Å². The van der Waals surface area contributed by atoms with E-state index in [4.69, 9.17) is 5.21 Å². The number of benzene rings is 1. The fraction of sp³-hybridized carbons (Fsp3) is 0.533. The van der Waals surface area contributed by atoms with Gasteiger partial charge in [-0.15, -0.1) is 0 Å². The molecule has 1 unspecified atom stereocenters. The van der Waals surface area contributed by atoms with Crippen LogP contribution >= 0.6 is 0 Å². The molecule has 3 heteroatoms. The molecule has 0 radical (unpaired) electrons. The third-order valence-corrected chi connectivity index (χ3v) is 4.06. The summed E-state index contributed by atoms with van der Waals surface area (Å²) < 4.78 is 0. The van der Waals surface area contributed by atoms with Crippen LogP contribution in [0.5, 0.6) is 0 Å². The molecule has 18 heavy (non-hydrogen) atoms. The van der Waals surface area contributed by atoms with E-state index in [1.165, 1.54) is 5.56 Å². The van der Waals surface area contributed by atoms with Gasteiger partial charge in [-0.1, -0.05) is 42.4 Å². The number of oxime groups is 1. The second kappa shape index (κ2) is 6.01. The smallest absolute Gasteiger partial charge is 0.0900 e. The summed E-state index contributed by atoms with van der Waals surface area (Å²) in [6.45, 7) is 6.64. The molecule has 1 fully saturated rings. The Morgan fingerprint density at radius 3 is 2.67 bits per heavy atom. The molecule has 2 N–H and O–H groups in total. The minimum absolute atomic E-state index is 0.400. The summed E-state index contributed by atoms with van der Waals surface area (Å²) in [6, 6.07) is 11.2. The molecule has 1 aliphatic heterocycles. The molecule has 98 valence electrons. The predicted octanol–water partition coefficient (Wildman–Crippen LogP) is 1.37. The zero-order valence-corrected chi connectivity index (χ0v) is 11.3. The Morgan fingerprint density at radius 1 is 1.28 bits per heavy atom. The number of nitrogens with zero attached hydrogens (tertiary/aromatic N) is 1. The van der Waals surface area contributed by atoms with E-state index in [1.54, 1.807) is 4.90 Å². The molecule has 3 nitrogen and oxygen atoms in total. The molecule has 1 aromatic carbocycles. The van der Waals surface area contributed by atoms with Crippen molar-refractivity contribution in [2.45, 2.75) is 32.7 Å². The summed E-state index contributed by atoms with van der Waals surface area (Å²) in [6.07, 6.45) is 2.04. The van der Waals surface area contributed by atoms with Crippen LogP contribution in [0.25, 0.3) is 0 Å². The van der Waals surface area contributed by atoms with Gasteiger partial charge in [-0.05, 0) is 12.5 Å². The Balaban J connectivity index is 1.90. The van der Waals surface area contributed by atoms with Crippen molar-refractivity contribution in [1.29, 1.82) is 0 Å². The maximum Gasteiger partial charge on any atom is 0.0900 e. The molecule has 0 spiro atoms. The molecule has 0 aromatic heterocycles. The second-order valence-electron chi connectivity index (χ2n) is 5.45. The molecule has 1 heterocycles. The number of hydrogen-bond donors (Lipinski definition) is 2. The van der Waals surface area contributed by atoms with Gasteiger partial charge >= 0.3 is 0 Å². The van der Waals surface area contributed by atoms with Gasteiger partial charge in [0.15, 0.2) is 0 Å². The van der Waals surface area contributed by atoms with Crippen molar-refractivity contribution in [2.24, 2.45) is 11.1 Å². The Labute approximate surface area is 109 Å². The van der Waals surface area contributed by atoms with Gasteiger partial charge < -0.3 is 10.1 Å². The summed E-state index contributed by atoms with van der Waals surface area (Å²) in [5.74, 6) is 0.400. The van der Waals surface area contributed by atoms with Crippen LogP contribution < -0.4 is 4.90 Å². The zero-order chi connectivity index (χ0) is 13.0. The lowest BCUT2D eigenvalue weighted by Gasteiger charge is -2.34. The van der Waals surface area contributed by atoms with Crippen LogP contribution in [0.2, 0.25) is 0 Å². The topological polar surface area (TPSA) is 37.0 Å². The average Bonchev–Trinajstić information content (AvgIpc) is 2.40. The molecule has 0 aliphatic carbocycles. The first-order chi connectivity index (χ1) is 8.70. The van der Waals surface area contributed by atoms with Gasteiger partial charge in [0.25, 0.3) is 0 Å². The van der Waals surface area contributed by atoms with Crippen molar-refractivity contribution in [2.75, 3.05) is 13.1 Å². The fourth-order valence-corrected chi connectivity index (χ4v) is 2.81. The molecule has 1 saturated heterocycles. The lowest BCUT2D eigenvalue weighted by atomic mass is 9.92. The first-order valence-electron chi connectivity index (χ1n) is 6.80. The minimum Gasteiger partial charge on any atom is -0.411 e. The highest BCUT2D eigenvalue weighted by Crippen LogP contribution is 2.08. The minimum atomic E-state index is 0.400. The molecule has 1 aromatic rings. The van der Waals surface area contributed by atoms with Gasteiger partial charge in [-0.2, -0.15) is 0 Å². The summed E-state index contributed by atoms with van der Waals surface area (Å²) in [4.78, 5) is 1.62. The van der Waals surface area contributed by atoms with Crippen LogP contribution in [-0.2, 0) is 6.42 Å². The highest BCUT2D eigenvalue weighted by atomic mass is 16.4. The van der Waals surface area contributed by atoms with Crippen molar-refractivity contribution in [3.63, 3.8) is 0 Å². The van der Waals surface area contributed by atoms with Crippen LogP contribution in [0.4, 0.5) is 0 Å². The second-order valence-corrected chi connectivity index (χ2v) is 5.45. The highest BCUT2D eigenvalue weighted by Gasteiger charge is 2.31. The van der Waals surface area contributed by atoms with E-state index in [2.05, 4.69) is 49.3 Å². The number of rotatable bonds is 3. The zero-order valence-electron chi connectivity index (χ0n) is 11.3. The average molecular weight is 247 g/mol. The molecule has 0 amide bonds. The molecule has 3 atom stereocenters. The van der Waals surface area contributed by atoms with E-state index in [-0.39, 0.29) is 0 Å². The molecular weight excluding hydrogens is 224 g/mol. The number of likely N-dealkylation sites (tertiary alicyclic amines) is 1. The van der Waals surface area contributed by atoms with Crippen LogP contribution in [0.3, 0.4) is 0 Å². The first-order valence-corrected chi connectivity index (χ1v) is 6.80. The summed E-state index contributed by atoms with van der Waals surface area (Å²) >= 11 is 0. The normalized spacial score (nSPS) is 30.6. The molecule has 0 bridgehead atoms. The van der Waals surface area contributed by atoms with Gasteiger partial charge in [0.05, 0.1) is 24.8 Å². The van der Waals surface area contributed by atoms with E-state index >= 15 is 0 Å². The largest absolute Gasteiger partial charge is 0.411 e. The quantitative estimate of drug-likeness (QED) is 0.614. The van der Waals surface area contributed by atoms with E-state index < -0.39 is 0 Å². The van der Waals surface area contributed by atoms with Crippen LogP contribution in [0.15, 0.2) is 35.5 Å². The predicted molar refractivity (Wildman–Crippen MR) is 73.3 cm³/mol. The number of nitrogens with one attached hydrogen (secondary N) is 1. The van der Waals surface area contributed by atoms with Crippen LogP contribution in [-0.4, -0.2) is 30.1 Å². The standard InChI is InChI=1S/C15H22N2O/c1-12-11-17(13(2)10-15(12)16-18)9-8-14-6-4-3-5-7-14/h3-7,12-13,18H,8-11H2,1-2H3/p+1/b16-15+/t12-,13-/m0/s1. The van der Waals surface area contributed by atoms with Crippen molar-refractivity contribution in [3.8, 4) is 0 Å². The Hall–Kier alpha value is -1.35. The summed E-state index contributed by atoms with van der Waals surface area (Å²) in [5, 5.41) is 12.4. The molecule has 2 rings (SSSR count). The Morgan fingerprint density at radius 2 is 2.00 bits per heavy atom. The number of hydrogen-bond acceptors (Lipinski definition) is 2. The monoisotopic (exact) mass is 247 g/mol. The Kier molecular flexibility index (Phi) is 4.37. The summed E-state index contributed by atoms with van der Waals surface area (Å²) in [7, 11) is 0. The maximum absolute atomic E-state index is 8.95. The van der Waals surface area contributed by atoms with E-state index in [9.17, 15) is 0 Å². The van der Waals surface area contributed by atoms with Gasteiger partial charge in [-0.25, -0.2) is 0 Å². The highest BCUT2D eigenvalue weighted by molar-refractivity contribution is 5.86. The van der Waals surface area contributed by atoms with Crippen molar-refractivity contribution in [1.82, 2.24) is 0 Å². The van der Waals surface area contributed by atoms with E-state index in [1.807, 2.05) is 0 Å². The number of piperidine rings is 1. The number of quaternary nitrogens is 1. The lowest BCUT2D eigenvalue weighted by Crippen LogP contribution is -3.17. The maximum atomic E-state index is 8.95. The summed E-state index contributed by atoms with van der Waals surface area (Å²) in [5.41, 5.74) is 2.37. The Bertz CT molecular complexity index is 402. The molecular formula is C15H23N2O+. The van der Waals surface area contributed by atoms with Gasteiger partial charge in [0.1, 0.15) is 0 Å². The van der Waals surface area contributed by atoms with Crippen molar-refractivity contribution >= 4 is 5.71 Å². The van der Waals surface area contributed by atoms with Crippen LogP contribution in [0, 0.1) is 5.92 Å². The lowest BCUT2D eigenvalue weighted by molar-refractivity contribution is -0.927.